The van der Waals surface area contributed by atoms with E-state index >= 15 is 0 Å². The molecule has 4 aromatic heterocycles. The second-order valence-electron chi connectivity index (χ2n) is 13.9. The predicted molar refractivity (Wildman–Crippen MR) is 232 cm³/mol. The molecule has 56 heavy (non-hydrogen) atoms. The molecule has 0 N–H and O–H groups in total. The van der Waals surface area contributed by atoms with Crippen LogP contribution in [0.2, 0.25) is 0 Å². The Morgan fingerprint density at radius 2 is 1.00 bits per heavy atom. The Hall–Kier alpha value is -7.28. The molecule has 0 aliphatic rings. The van der Waals surface area contributed by atoms with E-state index in [2.05, 4.69) is 137 Å². The van der Waals surface area contributed by atoms with Gasteiger partial charge in [0.2, 0.25) is 0 Å². The Morgan fingerprint density at radius 3 is 1.79 bits per heavy atom. The van der Waals surface area contributed by atoms with Crippen LogP contribution in [0.5, 0.6) is 0 Å². The molecule has 0 aliphatic heterocycles. The first-order valence-corrected chi connectivity index (χ1v) is 19.4. The van der Waals surface area contributed by atoms with Crippen molar-refractivity contribution >= 4 is 53.3 Å². The van der Waals surface area contributed by atoms with Crippen LogP contribution in [0.4, 0.5) is 0 Å². The van der Waals surface area contributed by atoms with E-state index in [1.54, 1.807) is 6.20 Å². The Balaban J connectivity index is 1.02. The van der Waals surface area contributed by atoms with E-state index in [1.165, 1.54) is 42.0 Å². The number of fused-ring (bicyclic) bond motifs is 7. The quantitative estimate of drug-likeness (QED) is 0.171. The summed E-state index contributed by atoms with van der Waals surface area (Å²) in [6, 6.07) is 61.9. The average molecular weight is 734 g/mol. The summed E-state index contributed by atoms with van der Waals surface area (Å²) < 4.78 is 5.05. The lowest BCUT2D eigenvalue weighted by molar-refractivity contribution is 1.07. The molecule has 0 fully saturated rings. The van der Waals surface area contributed by atoms with E-state index in [1.807, 2.05) is 66.1 Å². The van der Waals surface area contributed by atoms with Crippen molar-refractivity contribution in [3.05, 3.63) is 188 Å². The molecule has 0 bridgehead atoms. The standard InChI is InChI=1S/C50H31N5S/c1-3-11-33(12-4-1)48-52-49(54-50(53-48)37-14-9-13-35(29-37)38-15-10-28-51-31-38)34-22-20-32(21-23-34)36-24-27-44-43(30-36)41-25-26-42-40-18-7-8-19-45(40)56-47(42)46(41)55(44)39-16-5-2-6-17-39/h1-31H. The number of pyridine rings is 1. The van der Waals surface area contributed by atoms with Gasteiger partial charge >= 0.3 is 0 Å². The lowest BCUT2D eigenvalue weighted by atomic mass is 10.0. The minimum absolute atomic E-state index is 0.622. The molecule has 262 valence electrons. The van der Waals surface area contributed by atoms with E-state index in [4.69, 9.17) is 15.0 Å². The van der Waals surface area contributed by atoms with Crippen molar-refractivity contribution in [3.8, 4) is 62.1 Å². The van der Waals surface area contributed by atoms with Crippen LogP contribution in [0.25, 0.3) is 104 Å². The Morgan fingerprint density at radius 1 is 0.393 bits per heavy atom. The number of hydrogen-bond acceptors (Lipinski definition) is 5. The lowest BCUT2D eigenvalue weighted by Gasteiger charge is -2.10. The van der Waals surface area contributed by atoms with Crippen LogP contribution in [0.3, 0.4) is 0 Å². The molecule has 11 aromatic rings. The lowest BCUT2D eigenvalue weighted by Crippen LogP contribution is -2.00. The van der Waals surface area contributed by atoms with Gasteiger partial charge in [0.1, 0.15) is 0 Å². The molecule has 5 nitrogen and oxygen atoms in total. The summed E-state index contributed by atoms with van der Waals surface area (Å²) in [6.45, 7) is 0. The van der Waals surface area contributed by atoms with Crippen LogP contribution < -0.4 is 0 Å². The molecule has 0 unspecified atom stereocenters. The van der Waals surface area contributed by atoms with Crippen molar-refractivity contribution in [2.24, 2.45) is 0 Å². The maximum Gasteiger partial charge on any atom is 0.164 e. The zero-order chi connectivity index (χ0) is 37.0. The molecule has 7 aromatic carbocycles. The molecular weight excluding hydrogens is 703 g/mol. The van der Waals surface area contributed by atoms with Crippen molar-refractivity contribution in [2.45, 2.75) is 0 Å². The third-order valence-corrected chi connectivity index (χ3v) is 11.7. The van der Waals surface area contributed by atoms with Crippen LogP contribution in [0, 0.1) is 0 Å². The molecule has 6 heteroatoms. The molecule has 0 amide bonds. The van der Waals surface area contributed by atoms with Gasteiger partial charge in [-0.15, -0.1) is 11.3 Å². The summed E-state index contributed by atoms with van der Waals surface area (Å²) in [4.78, 5) is 19.3. The number of rotatable bonds is 6. The van der Waals surface area contributed by atoms with Gasteiger partial charge in [-0.3, -0.25) is 4.98 Å². The molecule has 0 saturated heterocycles. The fourth-order valence-corrected chi connectivity index (χ4v) is 9.08. The minimum Gasteiger partial charge on any atom is -0.308 e. The fraction of sp³-hybridized carbons (Fsp3) is 0. The molecule has 0 aliphatic carbocycles. The largest absolute Gasteiger partial charge is 0.308 e. The summed E-state index contributed by atoms with van der Waals surface area (Å²) in [5, 5.41) is 5.08. The highest BCUT2D eigenvalue weighted by molar-refractivity contribution is 7.26. The van der Waals surface area contributed by atoms with E-state index < -0.39 is 0 Å². The summed E-state index contributed by atoms with van der Waals surface area (Å²) in [5.41, 5.74) is 10.8. The maximum absolute atomic E-state index is 5.04. The van der Waals surface area contributed by atoms with E-state index in [-0.39, 0.29) is 0 Å². The van der Waals surface area contributed by atoms with Crippen molar-refractivity contribution in [2.75, 3.05) is 0 Å². The minimum atomic E-state index is 0.622. The highest BCUT2D eigenvalue weighted by Gasteiger charge is 2.19. The molecule has 0 radical (unpaired) electrons. The van der Waals surface area contributed by atoms with Crippen LogP contribution in [0.1, 0.15) is 0 Å². The SMILES string of the molecule is c1ccc(-c2nc(-c3ccc(-c4ccc5c(c4)c4ccc6c7ccccc7sc6c4n5-c4ccccc4)cc3)nc(-c3cccc(-c4cccnc4)c3)n2)cc1. The third kappa shape index (κ3) is 5.46. The van der Waals surface area contributed by atoms with Gasteiger partial charge in [0, 0.05) is 66.6 Å². The second-order valence-corrected chi connectivity index (χ2v) is 15.0. The van der Waals surface area contributed by atoms with Gasteiger partial charge in [-0.2, -0.15) is 0 Å². The van der Waals surface area contributed by atoms with Crippen LogP contribution in [0.15, 0.2) is 188 Å². The summed E-state index contributed by atoms with van der Waals surface area (Å²) in [5.74, 6) is 1.88. The maximum atomic E-state index is 5.04. The molecule has 0 saturated carbocycles. The van der Waals surface area contributed by atoms with E-state index in [9.17, 15) is 0 Å². The first-order valence-electron chi connectivity index (χ1n) is 18.6. The predicted octanol–water partition coefficient (Wildman–Crippen LogP) is 13.1. The van der Waals surface area contributed by atoms with Crippen LogP contribution in [-0.2, 0) is 0 Å². The monoisotopic (exact) mass is 733 g/mol. The van der Waals surface area contributed by atoms with Crippen molar-refractivity contribution in [3.63, 3.8) is 0 Å². The van der Waals surface area contributed by atoms with Crippen molar-refractivity contribution < 1.29 is 0 Å². The molecule has 0 spiro atoms. The molecule has 4 heterocycles. The number of para-hydroxylation sites is 1. The summed E-state index contributed by atoms with van der Waals surface area (Å²) in [7, 11) is 0. The highest BCUT2D eigenvalue weighted by atomic mass is 32.1. The normalized spacial score (nSPS) is 11.6. The topological polar surface area (TPSA) is 56.5 Å². The zero-order valence-corrected chi connectivity index (χ0v) is 30.9. The van der Waals surface area contributed by atoms with Gasteiger partial charge in [0.05, 0.1) is 15.7 Å². The first kappa shape index (κ1) is 32.2. The fourth-order valence-electron chi connectivity index (χ4n) is 7.84. The van der Waals surface area contributed by atoms with Gasteiger partial charge < -0.3 is 4.57 Å². The van der Waals surface area contributed by atoms with Crippen LogP contribution in [-0.4, -0.2) is 24.5 Å². The van der Waals surface area contributed by atoms with Gasteiger partial charge in [-0.05, 0) is 59.2 Å². The molecule has 0 atom stereocenters. The number of hydrogen-bond donors (Lipinski definition) is 0. The van der Waals surface area contributed by atoms with Crippen LogP contribution >= 0.6 is 11.3 Å². The molecule has 11 rings (SSSR count). The zero-order valence-electron chi connectivity index (χ0n) is 30.0. The van der Waals surface area contributed by atoms with E-state index in [0.717, 1.165) is 44.6 Å². The summed E-state index contributed by atoms with van der Waals surface area (Å²) in [6.07, 6.45) is 3.66. The Labute approximate surface area is 326 Å². The second kappa shape index (κ2) is 13.2. The Bertz CT molecular complexity index is 3230. The molecular formula is C50H31N5S. The average Bonchev–Trinajstić information content (AvgIpc) is 3.83. The number of nitrogens with zero attached hydrogens (tertiary/aromatic N) is 5. The van der Waals surface area contributed by atoms with Crippen molar-refractivity contribution in [1.82, 2.24) is 24.5 Å². The number of benzene rings is 7. The number of thiophene rings is 1. The number of aromatic nitrogens is 5. The van der Waals surface area contributed by atoms with Gasteiger partial charge in [0.25, 0.3) is 0 Å². The third-order valence-electron chi connectivity index (χ3n) is 10.5. The first-order chi connectivity index (χ1) is 27.7. The Kier molecular flexibility index (Phi) is 7.60. The van der Waals surface area contributed by atoms with Gasteiger partial charge in [-0.25, -0.2) is 15.0 Å². The van der Waals surface area contributed by atoms with Gasteiger partial charge in [0.15, 0.2) is 17.5 Å². The van der Waals surface area contributed by atoms with Crippen molar-refractivity contribution in [1.29, 1.82) is 0 Å². The summed E-state index contributed by atoms with van der Waals surface area (Å²) >= 11 is 1.87. The van der Waals surface area contributed by atoms with Gasteiger partial charge in [-0.1, -0.05) is 133 Å². The highest BCUT2D eigenvalue weighted by Crippen LogP contribution is 2.43. The smallest absolute Gasteiger partial charge is 0.164 e. The van der Waals surface area contributed by atoms with E-state index in [0.29, 0.717) is 17.5 Å².